The van der Waals surface area contributed by atoms with Crippen LogP contribution in [0.1, 0.15) is 49.4 Å². The van der Waals surface area contributed by atoms with Crippen LogP contribution in [0.25, 0.3) is 11.0 Å². The molecule has 2 N–H and O–H groups in total. The standard InChI is InChI=1S/C16H17N5O3S/c1-7-5-10(12-8(2)20-21(4)13(12)18-7)14(22)19-9(3)15-17-6-11(25-15)16(23)24/h5-6,9H,1-4H3,(H,19,22)(H,23,24). The third-order valence-corrected chi connectivity index (χ3v) is 4.96. The Hall–Kier alpha value is -2.81. The first-order chi connectivity index (χ1) is 11.8. The summed E-state index contributed by atoms with van der Waals surface area (Å²) in [7, 11) is 1.79. The van der Waals surface area contributed by atoms with Crippen LogP contribution in [-0.2, 0) is 7.05 Å². The van der Waals surface area contributed by atoms with Crippen molar-refractivity contribution in [3.05, 3.63) is 39.1 Å². The number of aromatic carboxylic acids is 1. The molecule has 3 heterocycles. The Morgan fingerprint density at radius 1 is 1.36 bits per heavy atom. The molecule has 0 aromatic carbocycles. The van der Waals surface area contributed by atoms with Crippen LogP contribution in [-0.4, -0.2) is 36.7 Å². The van der Waals surface area contributed by atoms with Gasteiger partial charge in [-0.15, -0.1) is 11.3 Å². The third-order valence-electron chi connectivity index (χ3n) is 3.79. The molecule has 130 valence electrons. The molecule has 0 bridgehead atoms. The number of nitrogens with zero attached hydrogens (tertiary/aromatic N) is 4. The summed E-state index contributed by atoms with van der Waals surface area (Å²) in [5.74, 6) is -1.30. The molecule has 1 atom stereocenters. The minimum Gasteiger partial charge on any atom is -0.477 e. The Morgan fingerprint density at radius 2 is 2.08 bits per heavy atom. The van der Waals surface area contributed by atoms with Crippen molar-refractivity contribution < 1.29 is 14.7 Å². The number of carbonyl (C=O) groups is 2. The third kappa shape index (κ3) is 3.10. The van der Waals surface area contributed by atoms with E-state index in [1.807, 2.05) is 13.8 Å². The fourth-order valence-corrected chi connectivity index (χ4v) is 3.43. The van der Waals surface area contributed by atoms with Gasteiger partial charge in [0.1, 0.15) is 9.88 Å². The number of aromatic nitrogens is 4. The molecule has 3 aromatic rings. The number of hydrogen-bond donors (Lipinski definition) is 2. The molecule has 0 saturated heterocycles. The summed E-state index contributed by atoms with van der Waals surface area (Å²) in [5.41, 5.74) is 2.59. The zero-order chi connectivity index (χ0) is 18.3. The second kappa shape index (κ2) is 6.25. The lowest BCUT2D eigenvalue weighted by atomic mass is 10.1. The van der Waals surface area contributed by atoms with E-state index in [1.54, 1.807) is 24.7 Å². The SMILES string of the molecule is Cc1cc(C(=O)NC(C)c2ncc(C(=O)O)s2)c2c(C)nn(C)c2n1. The Morgan fingerprint density at radius 3 is 2.72 bits per heavy atom. The lowest BCUT2D eigenvalue weighted by molar-refractivity contribution is 0.0701. The van der Waals surface area contributed by atoms with E-state index in [0.717, 1.165) is 22.7 Å². The summed E-state index contributed by atoms with van der Waals surface area (Å²) in [6.07, 6.45) is 1.30. The molecule has 0 radical (unpaired) electrons. The fraction of sp³-hybridized carbons (Fsp3) is 0.312. The van der Waals surface area contributed by atoms with Crippen molar-refractivity contribution in [2.45, 2.75) is 26.8 Å². The number of nitrogens with one attached hydrogen (secondary N) is 1. The zero-order valence-electron chi connectivity index (χ0n) is 14.2. The number of thiazole rings is 1. The van der Waals surface area contributed by atoms with Gasteiger partial charge < -0.3 is 10.4 Å². The number of pyridine rings is 1. The average molecular weight is 359 g/mol. The molecule has 0 aliphatic carbocycles. The van der Waals surface area contributed by atoms with Gasteiger partial charge in [-0.1, -0.05) is 0 Å². The molecule has 0 aliphatic heterocycles. The second-order valence-corrected chi connectivity index (χ2v) is 6.84. The lowest BCUT2D eigenvalue weighted by Gasteiger charge is -2.12. The van der Waals surface area contributed by atoms with Gasteiger partial charge in [-0.25, -0.2) is 14.8 Å². The number of carboxylic acids is 1. The van der Waals surface area contributed by atoms with Gasteiger partial charge in [0.25, 0.3) is 5.91 Å². The van der Waals surface area contributed by atoms with Crippen LogP contribution in [0.3, 0.4) is 0 Å². The molecule has 0 fully saturated rings. The smallest absolute Gasteiger partial charge is 0.347 e. The maximum atomic E-state index is 12.8. The molecule has 0 aliphatic rings. The number of fused-ring (bicyclic) bond motifs is 1. The highest BCUT2D eigenvalue weighted by Gasteiger charge is 2.21. The summed E-state index contributed by atoms with van der Waals surface area (Å²) in [6, 6.07) is 1.31. The number of rotatable bonds is 4. The van der Waals surface area contributed by atoms with Gasteiger partial charge >= 0.3 is 5.97 Å². The van der Waals surface area contributed by atoms with Gasteiger partial charge in [-0.2, -0.15) is 5.10 Å². The molecule has 1 unspecified atom stereocenters. The largest absolute Gasteiger partial charge is 0.477 e. The van der Waals surface area contributed by atoms with Crippen molar-refractivity contribution in [2.24, 2.45) is 7.05 Å². The molecule has 3 aromatic heterocycles. The first-order valence-electron chi connectivity index (χ1n) is 7.58. The highest BCUT2D eigenvalue weighted by molar-refractivity contribution is 7.13. The minimum atomic E-state index is -1.03. The van der Waals surface area contributed by atoms with Gasteiger partial charge in [0.2, 0.25) is 0 Å². The van der Waals surface area contributed by atoms with Crippen molar-refractivity contribution in [3.8, 4) is 0 Å². The van der Waals surface area contributed by atoms with Crippen LogP contribution in [0.2, 0.25) is 0 Å². The van der Waals surface area contributed by atoms with E-state index < -0.39 is 12.0 Å². The van der Waals surface area contributed by atoms with Crippen LogP contribution in [0.15, 0.2) is 12.3 Å². The topological polar surface area (TPSA) is 110 Å². The minimum absolute atomic E-state index is 0.140. The maximum Gasteiger partial charge on any atom is 0.347 e. The Balaban J connectivity index is 1.93. The Bertz CT molecular complexity index is 991. The van der Waals surface area contributed by atoms with Crippen molar-refractivity contribution in [2.75, 3.05) is 0 Å². The summed E-state index contributed by atoms with van der Waals surface area (Å²) in [4.78, 5) is 32.4. The van der Waals surface area contributed by atoms with E-state index in [-0.39, 0.29) is 10.8 Å². The predicted octanol–water partition coefficient (Wildman–Crippen LogP) is 2.23. The number of amides is 1. The monoisotopic (exact) mass is 359 g/mol. The molecular weight excluding hydrogens is 342 g/mol. The average Bonchev–Trinajstić information content (AvgIpc) is 3.13. The van der Waals surface area contributed by atoms with Crippen molar-refractivity contribution in [3.63, 3.8) is 0 Å². The zero-order valence-corrected chi connectivity index (χ0v) is 15.0. The van der Waals surface area contributed by atoms with E-state index >= 15 is 0 Å². The highest BCUT2D eigenvalue weighted by atomic mass is 32.1. The van der Waals surface area contributed by atoms with E-state index in [1.165, 1.54) is 6.20 Å². The molecule has 1 amide bonds. The van der Waals surface area contributed by atoms with E-state index in [2.05, 4.69) is 20.4 Å². The second-order valence-electron chi connectivity index (χ2n) is 5.78. The normalized spacial score (nSPS) is 12.3. The van der Waals surface area contributed by atoms with Crippen LogP contribution in [0.4, 0.5) is 0 Å². The van der Waals surface area contributed by atoms with Gasteiger partial charge in [0, 0.05) is 12.7 Å². The molecule has 8 nitrogen and oxygen atoms in total. The van der Waals surface area contributed by atoms with E-state index in [0.29, 0.717) is 21.6 Å². The van der Waals surface area contributed by atoms with Crippen molar-refractivity contribution >= 4 is 34.2 Å². The Labute approximate surface area is 147 Å². The van der Waals surface area contributed by atoms with Gasteiger partial charge in [-0.3, -0.25) is 9.48 Å². The molecule has 0 spiro atoms. The van der Waals surface area contributed by atoms with Crippen LogP contribution in [0.5, 0.6) is 0 Å². The number of aryl methyl sites for hydroxylation is 3. The number of carboxylic acid groups (broad SMARTS) is 1. The predicted molar refractivity (Wildman–Crippen MR) is 92.9 cm³/mol. The van der Waals surface area contributed by atoms with Crippen LogP contribution in [0, 0.1) is 13.8 Å². The number of hydrogen-bond acceptors (Lipinski definition) is 6. The summed E-state index contributed by atoms with van der Waals surface area (Å²) in [6.45, 7) is 5.42. The maximum absolute atomic E-state index is 12.8. The van der Waals surface area contributed by atoms with Crippen molar-refractivity contribution in [1.29, 1.82) is 0 Å². The molecule has 9 heteroatoms. The molecular formula is C16H17N5O3S. The highest BCUT2D eigenvalue weighted by Crippen LogP contribution is 2.24. The van der Waals surface area contributed by atoms with Gasteiger partial charge in [-0.05, 0) is 26.8 Å². The van der Waals surface area contributed by atoms with Crippen molar-refractivity contribution in [1.82, 2.24) is 25.1 Å². The van der Waals surface area contributed by atoms with Gasteiger partial charge in [0.05, 0.1) is 28.9 Å². The quantitative estimate of drug-likeness (QED) is 0.739. The molecule has 3 rings (SSSR count). The number of carbonyl (C=O) groups excluding carboxylic acids is 1. The fourth-order valence-electron chi connectivity index (χ4n) is 2.67. The Kier molecular flexibility index (Phi) is 4.25. The summed E-state index contributed by atoms with van der Waals surface area (Å²) >= 11 is 1.05. The molecule has 25 heavy (non-hydrogen) atoms. The summed E-state index contributed by atoms with van der Waals surface area (Å²) in [5, 5.41) is 17.4. The first kappa shape index (κ1) is 17.0. The van der Waals surface area contributed by atoms with Gasteiger partial charge in [0.15, 0.2) is 5.65 Å². The lowest BCUT2D eigenvalue weighted by Crippen LogP contribution is -2.27. The van der Waals surface area contributed by atoms with E-state index in [9.17, 15) is 9.59 Å². The van der Waals surface area contributed by atoms with Crippen LogP contribution < -0.4 is 5.32 Å². The van der Waals surface area contributed by atoms with E-state index in [4.69, 9.17) is 5.11 Å². The first-order valence-corrected chi connectivity index (χ1v) is 8.40. The summed E-state index contributed by atoms with van der Waals surface area (Å²) < 4.78 is 1.65. The molecule has 0 saturated carbocycles. The van der Waals surface area contributed by atoms with Crippen LogP contribution >= 0.6 is 11.3 Å².